The second kappa shape index (κ2) is 7.24. The fourth-order valence-electron chi connectivity index (χ4n) is 2.18. The fourth-order valence-corrected chi connectivity index (χ4v) is 2.45. The number of anilines is 1. The van der Waals surface area contributed by atoms with Gasteiger partial charge in [0.2, 0.25) is 11.7 Å². The molecule has 3 rings (SSSR count). The van der Waals surface area contributed by atoms with E-state index in [-0.39, 0.29) is 12.2 Å². The monoisotopic (exact) mass is 425 g/mol. The first kappa shape index (κ1) is 18.1. The molecular formula is C16H11BrF3N5O. The maximum atomic E-state index is 13.0. The number of nitrogens with one attached hydrogen (secondary N) is 1. The van der Waals surface area contributed by atoms with Gasteiger partial charge in [-0.15, -0.1) is 10.2 Å². The van der Waals surface area contributed by atoms with Gasteiger partial charge in [-0.3, -0.25) is 4.79 Å². The first-order chi connectivity index (χ1) is 12.3. The number of carbonyl (C=O) groups excluding carboxylic acids is 1. The Balaban J connectivity index is 1.71. The largest absolute Gasteiger partial charge is 0.418 e. The van der Waals surface area contributed by atoms with Crippen molar-refractivity contribution in [3.05, 3.63) is 58.6 Å². The van der Waals surface area contributed by atoms with Crippen LogP contribution in [-0.2, 0) is 17.5 Å². The maximum absolute atomic E-state index is 13.0. The molecule has 0 unspecified atom stereocenters. The standard InChI is InChI=1S/C16H11BrF3N5O/c17-11-7-5-10(6-8-11)15-22-24-25(23-15)9-14(26)21-13-4-2-1-3-12(13)16(18,19)20/h1-8H,9H2,(H,21,26). The SMILES string of the molecule is O=C(Cn1nnc(-c2ccc(Br)cc2)n1)Nc1ccccc1C(F)(F)F. The van der Waals surface area contributed by atoms with Gasteiger partial charge in [-0.05, 0) is 41.6 Å². The van der Waals surface area contributed by atoms with Gasteiger partial charge >= 0.3 is 6.18 Å². The Labute approximate surface area is 154 Å². The van der Waals surface area contributed by atoms with Crippen molar-refractivity contribution in [2.75, 3.05) is 5.32 Å². The molecule has 26 heavy (non-hydrogen) atoms. The van der Waals surface area contributed by atoms with Crippen LogP contribution in [0.1, 0.15) is 5.56 Å². The van der Waals surface area contributed by atoms with Gasteiger partial charge in [0.25, 0.3) is 0 Å². The van der Waals surface area contributed by atoms with E-state index in [4.69, 9.17) is 0 Å². The van der Waals surface area contributed by atoms with Gasteiger partial charge in [-0.2, -0.15) is 18.0 Å². The van der Waals surface area contributed by atoms with Crippen molar-refractivity contribution in [2.24, 2.45) is 0 Å². The lowest BCUT2D eigenvalue weighted by Gasteiger charge is -2.13. The second-order valence-electron chi connectivity index (χ2n) is 5.24. The normalized spacial score (nSPS) is 11.4. The van der Waals surface area contributed by atoms with Crippen LogP contribution in [0.25, 0.3) is 11.4 Å². The quantitative estimate of drug-likeness (QED) is 0.690. The molecule has 134 valence electrons. The molecule has 2 aromatic carbocycles. The number of hydrogen-bond acceptors (Lipinski definition) is 4. The lowest BCUT2D eigenvalue weighted by atomic mass is 10.1. The average molecular weight is 426 g/mol. The number of nitrogens with zero attached hydrogens (tertiary/aromatic N) is 4. The summed E-state index contributed by atoms with van der Waals surface area (Å²) in [7, 11) is 0. The number of aromatic nitrogens is 4. The van der Waals surface area contributed by atoms with E-state index in [9.17, 15) is 18.0 Å². The molecule has 6 nitrogen and oxygen atoms in total. The molecule has 3 aromatic rings. The van der Waals surface area contributed by atoms with Crippen LogP contribution in [0.4, 0.5) is 18.9 Å². The summed E-state index contributed by atoms with van der Waals surface area (Å²) in [6.07, 6.45) is -4.57. The summed E-state index contributed by atoms with van der Waals surface area (Å²) >= 11 is 3.31. The van der Waals surface area contributed by atoms with Crippen molar-refractivity contribution in [1.82, 2.24) is 20.2 Å². The Morgan fingerprint density at radius 3 is 2.50 bits per heavy atom. The van der Waals surface area contributed by atoms with E-state index in [2.05, 4.69) is 36.7 Å². The lowest BCUT2D eigenvalue weighted by molar-refractivity contribution is -0.137. The smallest absolute Gasteiger partial charge is 0.324 e. The van der Waals surface area contributed by atoms with Gasteiger partial charge in [0.1, 0.15) is 6.54 Å². The van der Waals surface area contributed by atoms with Gasteiger partial charge < -0.3 is 5.32 Å². The van der Waals surface area contributed by atoms with Crippen molar-refractivity contribution in [1.29, 1.82) is 0 Å². The topological polar surface area (TPSA) is 72.7 Å². The molecule has 0 bridgehead atoms. The minimum atomic E-state index is -4.57. The van der Waals surface area contributed by atoms with Crippen molar-refractivity contribution >= 4 is 27.5 Å². The third-order valence-electron chi connectivity index (χ3n) is 3.35. The first-order valence-electron chi connectivity index (χ1n) is 7.33. The van der Waals surface area contributed by atoms with Crippen LogP contribution in [0, 0.1) is 0 Å². The maximum Gasteiger partial charge on any atom is 0.418 e. The predicted molar refractivity (Wildman–Crippen MR) is 91.0 cm³/mol. The van der Waals surface area contributed by atoms with E-state index in [1.807, 2.05) is 0 Å². The molecule has 1 amide bonds. The molecule has 0 aliphatic heterocycles. The van der Waals surface area contributed by atoms with Crippen molar-refractivity contribution in [3.63, 3.8) is 0 Å². The Kier molecular flexibility index (Phi) is 5.03. The predicted octanol–water partition coefficient (Wildman–Crippen LogP) is 3.76. The van der Waals surface area contributed by atoms with E-state index >= 15 is 0 Å². The number of benzene rings is 2. The second-order valence-corrected chi connectivity index (χ2v) is 6.16. The van der Waals surface area contributed by atoms with Crippen molar-refractivity contribution in [3.8, 4) is 11.4 Å². The zero-order valence-electron chi connectivity index (χ0n) is 13.0. The first-order valence-corrected chi connectivity index (χ1v) is 8.12. The molecule has 0 atom stereocenters. The number of alkyl halides is 3. The summed E-state index contributed by atoms with van der Waals surface area (Å²) in [5, 5.41) is 13.9. The van der Waals surface area contributed by atoms with Crippen LogP contribution < -0.4 is 5.32 Å². The summed E-state index contributed by atoms with van der Waals surface area (Å²) in [5.74, 6) is -0.387. The van der Waals surface area contributed by atoms with E-state index in [0.29, 0.717) is 11.4 Å². The molecule has 10 heteroatoms. The minimum absolute atomic E-state index is 0.306. The number of amides is 1. The minimum Gasteiger partial charge on any atom is -0.324 e. The van der Waals surface area contributed by atoms with E-state index in [1.54, 1.807) is 24.3 Å². The Hall–Kier alpha value is -2.75. The average Bonchev–Trinajstić information content (AvgIpc) is 3.03. The van der Waals surface area contributed by atoms with Gasteiger partial charge in [0.15, 0.2) is 0 Å². The molecule has 1 heterocycles. The number of rotatable bonds is 4. The Morgan fingerprint density at radius 2 is 1.81 bits per heavy atom. The van der Waals surface area contributed by atoms with Crippen molar-refractivity contribution in [2.45, 2.75) is 12.7 Å². The number of para-hydroxylation sites is 1. The van der Waals surface area contributed by atoms with E-state index < -0.39 is 17.6 Å². The molecule has 0 spiro atoms. The van der Waals surface area contributed by atoms with Crippen molar-refractivity contribution < 1.29 is 18.0 Å². The van der Waals surface area contributed by atoms with Crippen LogP contribution in [-0.4, -0.2) is 26.1 Å². The van der Waals surface area contributed by atoms with Crippen LogP contribution in [0.3, 0.4) is 0 Å². The van der Waals surface area contributed by atoms with E-state index in [0.717, 1.165) is 15.3 Å². The summed E-state index contributed by atoms with van der Waals surface area (Å²) < 4.78 is 39.7. The molecule has 0 fully saturated rings. The molecule has 0 saturated carbocycles. The highest BCUT2D eigenvalue weighted by atomic mass is 79.9. The van der Waals surface area contributed by atoms with Gasteiger partial charge in [0.05, 0.1) is 11.3 Å². The van der Waals surface area contributed by atoms with Crippen LogP contribution in [0.15, 0.2) is 53.0 Å². The zero-order chi connectivity index (χ0) is 18.7. The van der Waals surface area contributed by atoms with E-state index in [1.165, 1.54) is 18.2 Å². The molecule has 1 N–H and O–H groups in total. The van der Waals surface area contributed by atoms with Gasteiger partial charge in [0, 0.05) is 10.0 Å². The van der Waals surface area contributed by atoms with Gasteiger partial charge in [-0.25, -0.2) is 0 Å². The zero-order valence-corrected chi connectivity index (χ0v) is 14.6. The summed E-state index contributed by atoms with van der Waals surface area (Å²) in [5.41, 5.74) is -0.545. The fraction of sp³-hybridized carbons (Fsp3) is 0.125. The van der Waals surface area contributed by atoms with Gasteiger partial charge in [-0.1, -0.05) is 28.1 Å². The lowest BCUT2D eigenvalue weighted by Crippen LogP contribution is -2.22. The highest BCUT2D eigenvalue weighted by Gasteiger charge is 2.33. The molecule has 0 aliphatic rings. The summed E-state index contributed by atoms with van der Waals surface area (Å²) in [6, 6.07) is 11.9. The highest BCUT2D eigenvalue weighted by Crippen LogP contribution is 2.34. The summed E-state index contributed by atoms with van der Waals surface area (Å²) in [4.78, 5) is 13.1. The third kappa shape index (κ3) is 4.26. The molecule has 0 radical (unpaired) electrons. The van der Waals surface area contributed by atoms with Crippen LogP contribution in [0.5, 0.6) is 0 Å². The number of halogens is 4. The van der Waals surface area contributed by atoms with Crippen LogP contribution in [0.2, 0.25) is 0 Å². The molecule has 0 saturated heterocycles. The molecule has 1 aromatic heterocycles. The number of hydrogen-bond donors (Lipinski definition) is 1. The summed E-state index contributed by atoms with van der Waals surface area (Å²) in [6.45, 7) is -0.365. The molecular weight excluding hydrogens is 415 g/mol. The van der Waals surface area contributed by atoms with Crippen LogP contribution >= 0.6 is 15.9 Å². The molecule has 0 aliphatic carbocycles. The number of carbonyl (C=O) groups is 1. The third-order valence-corrected chi connectivity index (χ3v) is 3.88. The Morgan fingerprint density at radius 1 is 1.12 bits per heavy atom. The Bertz CT molecular complexity index is 924. The number of tetrazole rings is 1. The highest BCUT2D eigenvalue weighted by molar-refractivity contribution is 9.10.